The van der Waals surface area contributed by atoms with Gasteiger partial charge in [0.15, 0.2) is 11.5 Å². The molecule has 0 saturated heterocycles. The highest BCUT2D eigenvalue weighted by atomic mass is 35.5. The molecule has 1 N–H and O–H groups in total. The number of aromatic nitrogens is 2. The van der Waals surface area contributed by atoms with Crippen LogP contribution in [-0.4, -0.2) is 29.4 Å². The van der Waals surface area contributed by atoms with Crippen LogP contribution in [0.15, 0.2) is 36.4 Å². The van der Waals surface area contributed by atoms with E-state index in [9.17, 15) is 13.6 Å². The molecule has 6 nitrogen and oxygen atoms in total. The average Bonchev–Trinajstić information content (AvgIpc) is 3.02. The van der Waals surface area contributed by atoms with Crippen molar-refractivity contribution in [3.63, 3.8) is 0 Å². The molecule has 1 aromatic heterocycles. The maximum absolute atomic E-state index is 12.6. The van der Waals surface area contributed by atoms with Crippen LogP contribution < -0.4 is 14.8 Å². The molecule has 3 aromatic rings. The zero-order valence-corrected chi connectivity index (χ0v) is 19.1. The van der Waals surface area contributed by atoms with Gasteiger partial charge in [0, 0.05) is 17.8 Å². The standard InChI is InChI=1S/C22H21Cl2F2N3O3/c1-12-16(13(2)29(28-12)15-5-6-17(23)18(24)9-15)10-21(30)27-11-14-4-7-19(32-22(25)26)20(8-14)31-3/h4-9,22H,10-11H2,1-3H3,(H,27,30). The lowest BCUT2D eigenvalue weighted by Crippen LogP contribution is -2.25. The second-order valence-corrected chi connectivity index (χ2v) is 7.79. The van der Waals surface area contributed by atoms with Crippen molar-refractivity contribution in [1.82, 2.24) is 15.1 Å². The van der Waals surface area contributed by atoms with Gasteiger partial charge >= 0.3 is 6.61 Å². The predicted octanol–water partition coefficient (Wildman–Crippen LogP) is 5.26. The summed E-state index contributed by atoms with van der Waals surface area (Å²) in [4.78, 5) is 12.6. The summed E-state index contributed by atoms with van der Waals surface area (Å²) in [7, 11) is 1.35. The van der Waals surface area contributed by atoms with E-state index in [1.165, 1.54) is 19.2 Å². The highest BCUT2D eigenvalue weighted by Gasteiger charge is 2.17. The van der Waals surface area contributed by atoms with Crippen molar-refractivity contribution in [2.24, 2.45) is 0 Å². The van der Waals surface area contributed by atoms with Crippen LogP contribution in [0.25, 0.3) is 5.69 Å². The monoisotopic (exact) mass is 483 g/mol. The molecule has 3 rings (SSSR count). The molecule has 0 radical (unpaired) electrons. The number of ether oxygens (including phenoxy) is 2. The highest BCUT2D eigenvalue weighted by molar-refractivity contribution is 6.42. The average molecular weight is 484 g/mol. The lowest BCUT2D eigenvalue weighted by atomic mass is 10.1. The number of amides is 1. The Labute approximate surface area is 194 Å². The largest absolute Gasteiger partial charge is 0.493 e. The topological polar surface area (TPSA) is 65.4 Å². The van der Waals surface area contributed by atoms with Crippen LogP contribution >= 0.6 is 23.2 Å². The number of carbonyl (C=O) groups excluding carboxylic acids is 1. The van der Waals surface area contributed by atoms with Crippen molar-refractivity contribution in [2.75, 3.05) is 7.11 Å². The Kier molecular flexibility index (Phi) is 7.58. The van der Waals surface area contributed by atoms with Crippen LogP contribution in [0.3, 0.4) is 0 Å². The normalized spacial score (nSPS) is 11.0. The summed E-state index contributed by atoms with van der Waals surface area (Å²) in [5.74, 6) is -0.123. The quantitative estimate of drug-likeness (QED) is 0.474. The third-order valence-electron chi connectivity index (χ3n) is 4.86. The molecule has 0 atom stereocenters. The SMILES string of the molecule is COc1cc(CNC(=O)Cc2c(C)nn(-c3ccc(Cl)c(Cl)c3)c2C)ccc1OC(F)F. The summed E-state index contributed by atoms with van der Waals surface area (Å²) in [6.07, 6.45) is 0.128. The fourth-order valence-corrected chi connectivity index (χ4v) is 3.53. The lowest BCUT2D eigenvalue weighted by Gasteiger charge is -2.12. The van der Waals surface area contributed by atoms with Gasteiger partial charge in [-0.1, -0.05) is 29.3 Å². The molecular weight excluding hydrogens is 463 g/mol. The number of carbonyl (C=O) groups is 1. The highest BCUT2D eigenvalue weighted by Crippen LogP contribution is 2.29. The summed E-state index contributed by atoms with van der Waals surface area (Å²) in [5, 5.41) is 8.20. The van der Waals surface area contributed by atoms with Crippen molar-refractivity contribution in [3.8, 4) is 17.2 Å². The molecule has 0 saturated carbocycles. The van der Waals surface area contributed by atoms with Crippen LogP contribution in [0.5, 0.6) is 11.5 Å². The van der Waals surface area contributed by atoms with E-state index in [4.69, 9.17) is 27.9 Å². The Balaban J connectivity index is 1.69. The van der Waals surface area contributed by atoms with Gasteiger partial charge in [0.2, 0.25) is 5.91 Å². The predicted molar refractivity (Wildman–Crippen MR) is 118 cm³/mol. The van der Waals surface area contributed by atoms with E-state index in [2.05, 4.69) is 15.2 Å². The third-order valence-corrected chi connectivity index (χ3v) is 5.60. The van der Waals surface area contributed by atoms with E-state index in [0.29, 0.717) is 15.6 Å². The number of hydrogen-bond acceptors (Lipinski definition) is 4. The number of halogens is 4. The number of rotatable bonds is 8. The van der Waals surface area contributed by atoms with Gasteiger partial charge in [-0.2, -0.15) is 13.9 Å². The van der Waals surface area contributed by atoms with Gasteiger partial charge in [0.05, 0.1) is 35.0 Å². The number of methoxy groups -OCH3 is 1. The molecule has 0 unspecified atom stereocenters. The third kappa shape index (κ3) is 5.49. The zero-order valence-electron chi connectivity index (χ0n) is 17.6. The first-order valence-corrected chi connectivity index (χ1v) is 10.3. The van der Waals surface area contributed by atoms with E-state index in [0.717, 1.165) is 22.6 Å². The Morgan fingerprint density at radius 3 is 2.53 bits per heavy atom. The Morgan fingerprint density at radius 1 is 1.12 bits per heavy atom. The van der Waals surface area contributed by atoms with E-state index < -0.39 is 6.61 Å². The van der Waals surface area contributed by atoms with Crippen LogP contribution in [0.4, 0.5) is 8.78 Å². The van der Waals surface area contributed by atoms with Crippen molar-refractivity contribution in [3.05, 3.63) is 69.0 Å². The summed E-state index contributed by atoms with van der Waals surface area (Å²) in [5.41, 5.74) is 3.75. The molecular formula is C22H21Cl2F2N3O3. The Bertz CT molecular complexity index is 1140. The number of alkyl halides is 2. The van der Waals surface area contributed by atoms with E-state index in [1.807, 2.05) is 13.8 Å². The molecule has 1 heterocycles. The second-order valence-electron chi connectivity index (χ2n) is 6.98. The first-order chi connectivity index (χ1) is 15.2. The summed E-state index contributed by atoms with van der Waals surface area (Å²) < 4.78 is 36.1. The summed E-state index contributed by atoms with van der Waals surface area (Å²) in [6.45, 7) is 0.947. The van der Waals surface area contributed by atoms with Gasteiger partial charge in [-0.25, -0.2) is 4.68 Å². The van der Waals surface area contributed by atoms with Crippen LogP contribution in [0.2, 0.25) is 10.0 Å². The molecule has 2 aromatic carbocycles. The molecule has 0 aliphatic heterocycles. The fourth-order valence-electron chi connectivity index (χ4n) is 3.24. The molecule has 32 heavy (non-hydrogen) atoms. The maximum atomic E-state index is 12.6. The molecule has 1 amide bonds. The van der Waals surface area contributed by atoms with E-state index >= 15 is 0 Å². The molecule has 0 fully saturated rings. The van der Waals surface area contributed by atoms with Crippen molar-refractivity contribution in [2.45, 2.75) is 33.4 Å². The van der Waals surface area contributed by atoms with Crippen molar-refractivity contribution in [1.29, 1.82) is 0 Å². The van der Waals surface area contributed by atoms with Gasteiger partial charge in [-0.05, 0) is 49.7 Å². The zero-order chi connectivity index (χ0) is 23.4. The summed E-state index contributed by atoms with van der Waals surface area (Å²) in [6, 6.07) is 9.69. The number of hydrogen-bond donors (Lipinski definition) is 1. The maximum Gasteiger partial charge on any atom is 0.387 e. The first kappa shape index (κ1) is 23.8. The van der Waals surface area contributed by atoms with Crippen molar-refractivity contribution >= 4 is 29.1 Å². The van der Waals surface area contributed by atoms with Gasteiger partial charge in [-0.15, -0.1) is 0 Å². The Morgan fingerprint density at radius 2 is 1.88 bits per heavy atom. The molecule has 0 aliphatic carbocycles. The summed E-state index contributed by atoms with van der Waals surface area (Å²) >= 11 is 12.1. The minimum atomic E-state index is -2.95. The van der Waals surface area contributed by atoms with Crippen LogP contribution in [0.1, 0.15) is 22.5 Å². The van der Waals surface area contributed by atoms with Gasteiger partial charge in [-0.3, -0.25) is 4.79 Å². The number of benzene rings is 2. The lowest BCUT2D eigenvalue weighted by molar-refractivity contribution is -0.120. The first-order valence-electron chi connectivity index (χ1n) is 9.58. The Hall–Kier alpha value is -2.84. The van der Waals surface area contributed by atoms with E-state index in [-0.39, 0.29) is 30.4 Å². The van der Waals surface area contributed by atoms with Gasteiger partial charge in [0.1, 0.15) is 0 Å². The van der Waals surface area contributed by atoms with Gasteiger partial charge < -0.3 is 14.8 Å². The van der Waals surface area contributed by atoms with Crippen LogP contribution in [0, 0.1) is 13.8 Å². The smallest absolute Gasteiger partial charge is 0.387 e. The molecule has 10 heteroatoms. The number of nitrogens with zero attached hydrogens (tertiary/aromatic N) is 2. The number of nitrogens with one attached hydrogen (secondary N) is 1. The minimum Gasteiger partial charge on any atom is -0.493 e. The molecule has 0 bridgehead atoms. The van der Waals surface area contributed by atoms with Crippen LogP contribution in [-0.2, 0) is 17.8 Å². The fraction of sp³-hybridized carbons (Fsp3) is 0.273. The molecule has 170 valence electrons. The molecule has 0 spiro atoms. The number of aryl methyl sites for hydroxylation is 1. The van der Waals surface area contributed by atoms with Crippen molar-refractivity contribution < 1.29 is 23.0 Å². The molecule has 0 aliphatic rings. The van der Waals surface area contributed by atoms with Gasteiger partial charge in [0.25, 0.3) is 0 Å². The second kappa shape index (κ2) is 10.2. The minimum absolute atomic E-state index is 0.0708. The van der Waals surface area contributed by atoms with E-state index in [1.54, 1.807) is 28.9 Å².